The van der Waals surface area contributed by atoms with Gasteiger partial charge in [-0.1, -0.05) is 26.0 Å². The fourth-order valence-corrected chi connectivity index (χ4v) is 4.76. The third-order valence-electron chi connectivity index (χ3n) is 6.21. The van der Waals surface area contributed by atoms with Crippen LogP contribution in [0.1, 0.15) is 39.2 Å². The van der Waals surface area contributed by atoms with E-state index in [1.807, 2.05) is 26.8 Å². The first kappa shape index (κ1) is 30.8. The third-order valence-corrected chi connectivity index (χ3v) is 7.33. The van der Waals surface area contributed by atoms with Gasteiger partial charge >= 0.3 is 0 Å². The lowest BCUT2D eigenvalue weighted by molar-refractivity contribution is -0.140. The maximum atomic E-state index is 13.9. The number of hydrogen-bond donors (Lipinski definition) is 1. The minimum Gasteiger partial charge on any atom is -0.497 e. The molecule has 2 amide bonds. The van der Waals surface area contributed by atoms with E-state index in [1.165, 1.54) is 25.2 Å². The molecule has 2 aromatic rings. The van der Waals surface area contributed by atoms with Crippen LogP contribution in [0.5, 0.6) is 17.2 Å². The van der Waals surface area contributed by atoms with Crippen molar-refractivity contribution in [3.8, 4) is 17.2 Å². The molecule has 38 heavy (non-hydrogen) atoms. The SMILES string of the molecule is CC[C@@H](C)NC(=O)[C@H](CC)N(Cc1cccc(OC)c1)C(=O)CN(c1cc(OC)ccc1OC)S(C)(=O)=O. The Morgan fingerprint density at radius 1 is 0.947 bits per heavy atom. The fraction of sp³-hybridized carbons (Fsp3) is 0.481. The molecule has 10 nitrogen and oxygen atoms in total. The van der Waals surface area contributed by atoms with Crippen LogP contribution in [-0.4, -0.2) is 71.3 Å². The largest absolute Gasteiger partial charge is 0.497 e. The molecular formula is C27H39N3O7S. The Labute approximate surface area is 225 Å². The van der Waals surface area contributed by atoms with Crippen LogP contribution in [-0.2, 0) is 26.2 Å². The Bertz CT molecular complexity index is 1200. The van der Waals surface area contributed by atoms with Gasteiger partial charge in [0.2, 0.25) is 21.8 Å². The molecule has 0 aliphatic rings. The summed E-state index contributed by atoms with van der Waals surface area (Å²) in [7, 11) is 0.479. The number of methoxy groups -OCH3 is 3. The molecule has 0 heterocycles. The summed E-state index contributed by atoms with van der Waals surface area (Å²) in [4.78, 5) is 28.5. The molecule has 0 saturated carbocycles. The second kappa shape index (κ2) is 13.9. The molecule has 210 valence electrons. The Morgan fingerprint density at radius 2 is 1.61 bits per heavy atom. The van der Waals surface area contributed by atoms with Gasteiger partial charge in [-0.25, -0.2) is 8.42 Å². The number of anilines is 1. The van der Waals surface area contributed by atoms with E-state index in [9.17, 15) is 18.0 Å². The van der Waals surface area contributed by atoms with Crippen molar-refractivity contribution in [3.05, 3.63) is 48.0 Å². The van der Waals surface area contributed by atoms with E-state index in [2.05, 4.69) is 5.32 Å². The van der Waals surface area contributed by atoms with Crippen molar-refractivity contribution in [1.82, 2.24) is 10.2 Å². The monoisotopic (exact) mass is 549 g/mol. The van der Waals surface area contributed by atoms with Gasteiger partial charge in [-0.05, 0) is 49.6 Å². The zero-order chi connectivity index (χ0) is 28.5. The van der Waals surface area contributed by atoms with Crippen LogP contribution in [0.3, 0.4) is 0 Å². The van der Waals surface area contributed by atoms with E-state index < -0.39 is 28.5 Å². The summed E-state index contributed by atoms with van der Waals surface area (Å²) in [6.07, 6.45) is 2.07. The first-order valence-electron chi connectivity index (χ1n) is 12.4. The molecule has 0 radical (unpaired) electrons. The number of carbonyl (C=O) groups excluding carboxylic acids is 2. The predicted octanol–water partition coefficient (Wildman–Crippen LogP) is 3.20. The van der Waals surface area contributed by atoms with E-state index in [1.54, 1.807) is 37.4 Å². The molecule has 2 aromatic carbocycles. The number of nitrogens with zero attached hydrogens (tertiary/aromatic N) is 2. The van der Waals surface area contributed by atoms with Gasteiger partial charge in [0.25, 0.3) is 0 Å². The minimum atomic E-state index is -3.93. The highest BCUT2D eigenvalue weighted by Gasteiger charge is 2.33. The molecule has 1 N–H and O–H groups in total. The normalized spacial score (nSPS) is 12.7. The zero-order valence-electron chi connectivity index (χ0n) is 23.2. The lowest BCUT2D eigenvalue weighted by atomic mass is 10.1. The summed E-state index contributed by atoms with van der Waals surface area (Å²) < 4.78 is 42.8. The molecule has 11 heteroatoms. The first-order valence-corrected chi connectivity index (χ1v) is 14.3. The fourth-order valence-electron chi connectivity index (χ4n) is 3.91. The molecule has 2 atom stereocenters. The number of amides is 2. The summed E-state index contributed by atoms with van der Waals surface area (Å²) in [5.74, 6) is 0.405. The standard InChI is InChI=1S/C27H39N3O7S/c1-8-19(3)28-27(32)23(9-2)29(17-20-11-10-12-21(15-20)35-4)26(31)18-30(38(7,33)34)24-16-22(36-5)13-14-25(24)37-6/h10-16,19,23H,8-9,17-18H2,1-7H3,(H,28,32)/t19-,23+/m1/s1. The number of ether oxygens (including phenoxy) is 3. The molecule has 0 aliphatic carbocycles. The first-order chi connectivity index (χ1) is 18.0. The van der Waals surface area contributed by atoms with E-state index in [4.69, 9.17) is 14.2 Å². The van der Waals surface area contributed by atoms with Crippen LogP contribution < -0.4 is 23.8 Å². The molecule has 2 rings (SSSR count). The maximum Gasteiger partial charge on any atom is 0.244 e. The van der Waals surface area contributed by atoms with E-state index in [-0.39, 0.29) is 29.9 Å². The van der Waals surface area contributed by atoms with Gasteiger partial charge in [-0.3, -0.25) is 13.9 Å². The summed E-state index contributed by atoms with van der Waals surface area (Å²) in [6.45, 7) is 5.19. The van der Waals surface area contributed by atoms with Crippen LogP contribution in [0.25, 0.3) is 0 Å². The summed E-state index contributed by atoms with van der Waals surface area (Å²) in [5, 5.41) is 2.95. The van der Waals surface area contributed by atoms with Crippen molar-refractivity contribution in [1.29, 1.82) is 0 Å². The maximum absolute atomic E-state index is 13.9. The Morgan fingerprint density at radius 3 is 2.16 bits per heavy atom. The smallest absolute Gasteiger partial charge is 0.244 e. The second-order valence-corrected chi connectivity index (χ2v) is 10.8. The van der Waals surface area contributed by atoms with Crippen LogP contribution in [0.4, 0.5) is 5.69 Å². The van der Waals surface area contributed by atoms with E-state index in [0.29, 0.717) is 17.9 Å². The number of carbonyl (C=O) groups is 2. The Kier molecular flexibility index (Phi) is 11.2. The number of sulfonamides is 1. The van der Waals surface area contributed by atoms with Gasteiger partial charge in [0.15, 0.2) is 0 Å². The minimum absolute atomic E-state index is 0.0787. The zero-order valence-corrected chi connectivity index (χ0v) is 24.0. The van der Waals surface area contributed by atoms with Crippen molar-refractivity contribution < 1.29 is 32.2 Å². The lowest BCUT2D eigenvalue weighted by Crippen LogP contribution is -2.53. The molecular weight excluding hydrogens is 510 g/mol. The van der Waals surface area contributed by atoms with Crippen molar-refractivity contribution in [3.63, 3.8) is 0 Å². The summed E-state index contributed by atoms with van der Waals surface area (Å²) in [6, 6.07) is 11.0. The van der Waals surface area contributed by atoms with Gasteiger partial charge in [-0.2, -0.15) is 0 Å². The molecule has 0 saturated heterocycles. The Hall–Kier alpha value is -3.47. The van der Waals surface area contributed by atoms with Gasteiger partial charge in [0.1, 0.15) is 29.8 Å². The van der Waals surface area contributed by atoms with Crippen molar-refractivity contribution >= 4 is 27.5 Å². The Balaban J connectivity index is 2.54. The van der Waals surface area contributed by atoms with Gasteiger partial charge in [-0.15, -0.1) is 0 Å². The lowest BCUT2D eigenvalue weighted by Gasteiger charge is -2.33. The quantitative estimate of drug-likeness (QED) is 0.385. The number of benzene rings is 2. The summed E-state index contributed by atoms with van der Waals surface area (Å²) >= 11 is 0. The molecule has 0 unspecified atom stereocenters. The van der Waals surface area contributed by atoms with Gasteiger partial charge in [0, 0.05) is 18.7 Å². The average Bonchev–Trinajstić information content (AvgIpc) is 2.90. The molecule has 0 fully saturated rings. The molecule has 0 aliphatic heterocycles. The van der Waals surface area contributed by atoms with Crippen molar-refractivity contribution in [2.45, 2.75) is 52.2 Å². The van der Waals surface area contributed by atoms with Crippen molar-refractivity contribution in [2.24, 2.45) is 0 Å². The van der Waals surface area contributed by atoms with Crippen LogP contribution in [0.2, 0.25) is 0 Å². The van der Waals surface area contributed by atoms with Gasteiger partial charge in [0.05, 0.1) is 33.3 Å². The van der Waals surface area contributed by atoms with Crippen LogP contribution >= 0.6 is 0 Å². The molecule has 0 aromatic heterocycles. The number of nitrogens with one attached hydrogen (secondary N) is 1. The average molecular weight is 550 g/mol. The second-order valence-electron chi connectivity index (χ2n) is 8.92. The number of hydrogen-bond acceptors (Lipinski definition) is 7. The number of rotatable bonds is 14. The van der Waals surface area contributed by atoms with Gasteiger partial charge < -0.3 is 24.4 Å². The van der Waals surface area contributed by atoms with E-state index in [0.717, 1.165) is 22.5 Å². The molecule has 0 spiro atoms. The third kappa shape index (κ3) is 8.01. The van der Waals surface area contributed by atoms with E-state index >= 15 is 0 Å². The highest BCUT2D eigenvalue weighted by atomic mass is 32.2. The highest BCUT2D eigenvalue weighted by Crippen LogP contribution is 2.34. The van der Waals surface area contributed by atoms with Crippen LogP contribution in [0.15, 0.2) is 42.5 Å². The molecule has 0 bridgehead atoms. The van der Waals surface area contributed by atoms with Crippen molar-refractivity contribution in [2.75, 3.05) is 38.4 Å². The highest BCUT2D eigenvalue weighted by molar-refractivity contribution is 7.92. The topological polar surface area (TPSA) is 114 Å². The predicted molar refractivity (Wildman–Crippen MR) is 147 cm³/mol. The van der Waals surface area contributed by atoms with Crippen LogP contribution in [0, 0.1) is 0 Å². The summed E-state index contributed by atoms with van der Waals surface area (Å²) in [5.41, 5.74) is 0.887.